The standard InChI is InChI=1S/C18H19ClN4O/c1-13-4-5-14-15(6-8-21-17(14)16(13)19)18(24)22-7-2-3-10-23-11-9-20-12-23/h4-6,8-9,11-12H,2-3,7,10H2,1H3,(H,22,24). The molecule has 0 aliphatic carbocycles. The first-order valence-electron chi connectivity index (χ1n) is 7.94. The van der Waals surface area contributed by atoms with Gasteiger partial charge in [-0.2, -0.15) is 0 Å². The Labute approximate surface area is 145 Å². The maximum absolute atomic E-state index is 12.4. The Morgan fingerprint density at radius 2 is 2.12 bits per heavy atom. The van der Waals surface area contributed by atoms with Gasteiger partial charge in [0, 0.05) is 37.1 Å². The van der Waals surface area contributed by atoms with Crippen molar-refractivity contribution in [1.82, 2.24) is 19.9 Å². The lowest BCUT2D eigenvalue weighted by Gasteiger charge is -2.09. The van der Waals surface area contributed by atoms with Crippen molar-refractivity contribution in [1.29, 1.82) is 0 Å². The smallest absolute Gasteiger partial charge is 0.252 e. The number of aryl methyl sites for hydroxylation is 2. The summed E-state index contributed by atoms with van der Waals surface area (Å²) < 4.78 is 2.03. The Morgan fingerprint density at radius 1 is 1.25 bits per heavy atom. The number of unbranched alkanes of at least 4 members (excludes halogenated alkanes) is 1. The third-order valence-electron chi connectivity index (χ3n) is 3.98. The summed E-state index contributed by atoms with van der Waals surface area (Å²) in [6.07, 6.45) is 9.02. The molecule has 0 bridgehead atoms. The highest BCUT2D eigenvalue weighted by Gasteiger charge is 2.12. The average Bonchev–Trinajstić information content (AvgIpc) is 3.11. The molecule has 0 fully saturated rings. The van der Waals surface area contributed by atoms with Crippen LogP contribution in [0.2, 0.25) is 5.02 Å². The minimum Gasteiger partial charge on any atom is -0.352 e. The minimum atomic E-state index is -0.0926. The third-order valence-corrected chi connectivity index (χ3v) is 4.45. The monoisotopic (exact) mass is 342 g/mol. The topological polar surface area (TPSA) is 59.8 Å². The maximum Gasteiger partial charge on any atom is 0.252 e. The molecule has 124 valence electrons. The van der Waals surface area contributed by atoms with Gasteiger partial charge in [0.05, 0.1) is 22.4 Å². The number of carbonyl (C=O) groups excluding carboxylic acids is 1. The molecule has 1 aromatic carbocycles. The number of hydrogen-bond donors (Lipinski definition) is 1. The number of halogens is 1. The van der Waals surface area contributed by atoms with Crippen molar-refractivity contribution in [2.45, 2.75) is 26.3 Å². The van der Waals surface area contributed by atoms with E-state index in [9.17, 15) is 4.79 Å². The lowest BCUT2D eigenvalue weighted by Crippen LogP contribution is -2.25. The molecule has 0 saturated heterocycles. The zero-order valence-electron chi connectivity index (χ0n) is 13.5. The van der Waals surface area contributed by atoms with E-state index in [1.807, 2.05) is 29.8 Å². The second-order valence-electron chi connectivity index (χ2n) is 5.71. The van der Waals surface area contributed by atoms with Gasteiger partial charge in [-0.1, -0.05) is 23.7 Å². The second kappa shape index (κ2) is 7.45. The van der Waals surface area contributed by atoms with Gasteiger partial charge in [0.25, 0.3) is 5.91 Å². The van der Waals surface area contributed by atoms with Gasteiger partial charge in [-0.25, -0.2) is 4.98 Å². The molecule has 0 atom stereocenters. The average molecular weight is 343 g/mol. The predicted molar refractivity (Wildman–Crippen MR) is 95.3 cm³/mol. The van der Waals surface area contributed by atoms with Crippen LogP contribution in [0.15, 0.2) is 43.1 Å². The summed E-state index contributed by atoms with van der Waals surface area (Å²) >= 11 is 6.30. The third kappa shape index (κ3) is 3.57. The van der Waals surface area contributed by atoms with Gasteiger partial charge in [0.15, 0.2) is 0 Å². The minimum absolute atomic E-state index is 0.0926. The molecule has 6 heteroatoms. The zero-order valence-corrected chi connectivity index (χ0v) is 14.3. The zero-order chi connectivity index (χ0) is 16.9. The van der Waals surface area contributed by atoms with E-state index in [2.05, 4.69) is 15.3 Å². The number of benzene rings is 1. The molecule has 5 nitrogen and oxygen atoms in total. The molecule has 3 rings (SSSR count). The van der Waals surface area contributed by atoms with Gasteiger partial charge < -0.3 is 9.88 Å². The molecule has 0 unspecified atom stereocenters. The van der Waals surface area contributed by atoms with Crippen LogP contribution in [0.25, 0.3) is 10.9 Å². The fourth-order valence-electron chi connectivity index (χ4n) is 2.62. The molecular weight excluding hydrogens is 324 g/mol. The molecule has 0 aliphatic heterocycles. The van der Waals surface area contributed by atoms with E-state index in [1.165, 1.54) is 0 Å². The summed E-state index contributed by atoms with van der Waals surface area (Å²) in [6.45, 7) is 3.47. The van der Waals surface area contributed by atoms with Crippen molar-refractivity contribution in [3.63, 3.8) is 0 Å². The molecule has 0 aliphatic rings. The Balaban J connectivity index is 1.61. The first-order chi connectivity index (χ1) is 11.7. The number of pyridine rings is 1. The molecule has 3 aromatic rings. The Bertz CT molecular complexity index is 846. The first kappa shape index (κ1) is 16.5. The van der Waals surface area contributed by atoms with Gasteiger partial charge >= 0.3 is 0 Å². The van der Waals surface area contributed by atoms with Gasteiger partial charge in [-0.15, -0.1) is 0 Å². The molecule has 24 heavy (non-hydrogen) atoms. The molecule has 2 aromatic heterocycles. The fraction of sp³-hybridized carbons (Fsp3) is 0.278. The van der Waals surface area contributed by atoms with Gasteiger partial charge in [0.2, 0.25) is 0 Å². The quantitative estimate of drug-likeness (QED) is 0.696. The number of carbonyl (C=O) groups is 1. The summed E-state index contributed by atoms with van der Waals surface area (Å²) in [4.78, 5) is 20.8. The largest absolute Gasteiger partial charge is 0.352 e. The van der Waals surface area contributed by atoms with E-state index < -0.39 is 0 Å². The number of imidazole rings is 1. The van der Waals surface area contributed by atoms with Crippen LogP contribution in [-0.2, 0) is 6.54 Å². The number of rotatable bonds is 6. The van der Waals surface area contributed by atoms with Crippen LogP contribution in [0.1, 0.15) is 28.8 Å². The van der Waals surface area contributed by atoms with Crippen LogP contribution in [0.5, 0.6) is 0 Å². The maximum atomic E-state index is 12.4. The number of nitrogens with zero attached hydrogens (tertiary/aromatic N) is 3. The highest BCUT2D eigenvalue weighted by Crippen LogP contribution is 2.27. The normalized spacial score (nSPS) is 10.9. The van der Waals surface area contributed by atoms with Crippen molar-refractivity contribution in [2.75, 3.05) is 6.54 Å². The molecule has 0 spiro atoms. The molecule has 0 radical (unpaired) electrons. The molecule has 0 saturated carbocycles. The van der Waals surface area contributed by atoms with Crippen molar-refractivity contribution >= 4 is 28.4 Å². The van der Waals surface area contributed by atoms with Crippen molar-refractivity contribution in [3.05, 3.63) is 59.3 Å². The highest BCUT2D eigenvalue weighted by molar-refractivity contribution is 6.36. The van der Waals surface area contributed by atoms with E-state index in [-0.39, 0.29) is 5.91 Å². The van der Waals surface area contributed by atoms with Crippen molar-refractivity contribution in [2.24, 2.45) is 0 Å². The fourth-order valence-corrected chi connectivity index (χ4v) is 2.83. The Morgan fingerprint density at radius 3 is 2.92 bits per heavy atom. The van der Waals surface area contributed by atoms with E-state index in [0.29, 0.717) is 22.6 Å². The number of amides is 1. The Kier molecular flexibility index (Phi) is 5.11. The van der Waals surface area contributed by atoms with Gasteiger partial charge in [-0.3, -0.25) is 9.78 Å². The van der Waals surface area contributed by atoms with E-state index >= 15 is 0 Å². The molecular formula is C18H19ClN4O. The Hall–Kier alpha value is -2.40. The summed E-state index contributed by atoms with van der Waals surface area (Å²) in [5, 5.41) is 4.35. The number of aromatic nitrogens is 3. The van der Waals surface area contributed by atoms with Gasteiger partial charge in [0.1, 0.15) is 0 Å². The van der Waals surface area contributed by atoms with E-state index in [4.69, 9.17) is 11.6 Å². The highest BCUT2D eigenvalue weighted by atomic mass is 35.5. The lowest BCUT2D eigenvalue weighted by molar-refractivity contribution is 0.0954. The lowest BCUT2D eigenvalue weighted by atomic mass is 10.1. The first-order valence-corrected chi connectivity index (χ1v) is 8.32. The second-order valence-corrected chi connectivity index (χ2v) is 6.09. The van der Waals surface area contributed by atoms with Gasteiger partial charge in [-0.05, 0) is 31.4 Å². The van der Waals surface area contributed by atoms with Crippen LogP contribution >= 0.6 is 11.6 Å². The summed E-state index contributed by atoms with van der Waals surface area (Å²) in [5.41, 5.74) is 2.23. The molecule has 1 amide bonds. The number of nitrogens with one attached hydrogen (secondary N) is 1. The predicted octanol–water partition coefficient (Wildman–Crippen LogP) is 3.60. The number of hydrogen-bond acceptors (Lipinski definition) is 3. The van der Waals surface area contributed by atoms with Crippen LogP contribution < -0.4 is 5.32 Å². The van der Waals surface area contributed by atoms with Crippen LogP contribution in [0.4, 0.5) is 0 Å². The summed E-state index contributed by atoms with van der Waals surface area (Å²) in [7, 11) is 0. The molecule has 1 N–H and O–H groups in total. The van der Waals surface area contributed by atoms with Crippen LogP contribution in [0.3, 0.4) is 0 Å². The van der Waals surface area contributed by atoms with Crippen LogP contribution in [0, 0.1) is 6.92 Å². The summed E-state index contributed by atoms with van der Waals surface area (Å²) in [6, 6.07) is 5.54. The van der Waals surface area contributed by atoms with E-state index in [1.54, 1.807) is 24.8 Å². The van der Waals surface area contributed by atoms with Crippen molar-refractivity contribution < 1.29 is 4.79 Å². The van der Waals surface area contributed by atoms with Crippen molar-refractivity contribution in [3.8, 4) is 0 Å². The van der Waals surface area contributed by atoms with E-state index in [0.717, 1.165) is 30.3 Å². The SMILES string of the molecule is Cc1ccc2c(C(=O)NCCCCn3ccnc3)ccnc2c1Cl. The number of fused-ring (bicyclic) bond motifs is 1. The van der Waals surface area contributed by atoms with Crippen LogP contribution in [-0.4, -0.2) is 27.0 Å². The molecule has 2 heterocycles. The summed E-state index contributed by atoms with van der Waals surface area (Å²) in [5.74, 6) is -0.0926.